The first-order valence-corrected chi connectivity index (χ1v) is 8.16. The minimum absolute atomic E-state index is 0.0210. The zero-order valence-electron chi connectivity index (χ0n) is 13.4. The lowest BCUT2D eigenvalue weighted by Gasteiger charge is -2.16. The number of hydrogen-bond acceptors (Lipinski definition) is 3. The summed E-state index contributed by atoms with van der Waals surface area (Å²) in [5.41, 5.74) is 2.01. The highest BCUT2D eigenvalue weighted by Gasteiger charge is 2.27. The lowest BCUT2D eigenvalue weighted by atomic mass is 10.1. The molecule has 2 N–H and O–H groups in total. The van der Waals surface area contributed by atoms with Gasteiger partial charge in [0.05, 0.1) is 19.3 Å². The molecule has 6 heteroatoms. The summed E-state index contributed by atoms with van der Waals surface area (Å²) in [7, 11) is 1.86. The highest BCUT2D eigenvalue weighted by atomic mass is 16.2. The van der Waals surface area contributed by atoms with Crippen molar-refractivity contribution in [2.45, 2.75) is 25.3 Å². The Kier molecular flexibility index (Phi) is 4.71. The van der Waals surface area contributed by atoms with E-state index < -0.39 is 0 Å². The van der Waals surface area contributed by atoms with Crippen LogP contribution in [-0.4, -0.2) is 55.3 Å². The maximum absolute atomic E-state index is 12.3. The molecule has 1 aromatic carbocycles. The first kappa shape index (κ1) is 15.7. The summed E-state index contributed by atoms with van der Waals surface area (Å²) in [4.78, 5) is 25.0. The van der Waals surface area contributed by atoms with Gasteiger partial charge in [0.1, 0.15) is 0 Å². The van der Waals surface area contributed by atoms with Gasteiger partial charge in [-0.25, -0.2) is 5.01 Å². The van der Waals surface area contributed by atoms with E-state index in [0.717, 1.165) is 35.4 Å². The van der Waals surface area contributed by atoms with Crippen LogP contribution >= 0.6 is 0 Å². The predicted octanol–water partition coefficient (Wildman–Crippen LogP) is -0.584. The molecular weight excluding hydrogens is 292 g/mol. The van der Waals surface area contributed by atoms with Gasteiger partial charge in [-0.15, -0.1) is 0 Å². The highest BCUT2D eigenvalue weighted by molar-refractivity contribution is 6.02. The van der Waals surface area contributed by atoms with E-state index in [9.17, 15) is 9.59 Å². The van der Waals surface area contributed by atoms with Crippen LogP contribution in [0.1, 0.15) is 24.8 Å². The van der Waals surface area contributed by atoms with Crippen LogP contribution in [0.15, 0.2) is 35.4 Å². The Balaban J connectivity index is 1.50. The Morgan fingerprint density at radius 2 is 2.00 bits per heavy atom. The zero-order valence-corrected chi connectivity index (χ0v) is 13.4. The van der Waals surface area contributed by atoms with Crippen molar-refractivity contribution in [3.8, 4) is 0 Å². The predicted molar refractivity (Wildman–Crippen MR) is 87.1 cm³/mol. The van der Waals surface area contributed by atoms with Gasteiger partial charge in [-0.3, -0.25) is 9.59 Å². The van der Waals surface area contributed by atoms with Crippen molar-refractivity contribution in [1.82, 2.24) is 10.3 Å². The molecule has 1 heterocycles. The number of benzene rings is 1. The number of likely N-dealkylation sites (N-methyl/N-ethyl adjacent to an activating group) is 1. The molecule has 1 aliphatic heterocycles. The van der Waals surface area contributed by atoms with Crippen molar-refractivity contribution < 1.29 is 14.5 Å². The van der Waals surface area contributed by atoms with E-state index in [1.807, 2.05) is 37.4 Å². The number of hydrogen-bond donors (Lipinski definition) is 2. The number of rotatable bonds is 6. The van der Waals surface area contributed by atoms with E-state index in [-0.39, 0.29) is 18.4 Å². The molecule has 0 aromatic heterocycles. The maximum atomic E-state index is 12.3. The Bertz CT molecular complexity index is 610. The average Bonchev–Trinajstić information content (AvgIpc) is 3.19. The summed E-state index contributed by atoms with van der Waals surface area (Å²) >= 11 is 0. The molecule has 0 saturated heterocycles. The van der Waals surface area contributed by atoms with Crippen LogP contribution in [0.5, 0.6) is 0 Å². The molecular formula is C17H23N4O2+. The summed E-state index contributed by atoms with van der Waals surface area (Å²) in [5.74, 6) is -0.0136. The summed E-state index contributed by atoms with van der Waals surface area (Å²) in [6.45, 7) is 1.22. The maximum Gasteiger partial charge on any atom is 0.297 e. The Morgan fingerprint density at radius 1 is 1.26 bits per heavy atom. The van der Waals surface area contributed by atoms with Gasteiger partial charge in [0, 0.05) is 12.5 Å². The van der Waals surface area contributed by atoms with Gasteiger partial charge < -0.3 is 10.2 Å². The minimum atomic E-state index is -0.0346. The van der Waals surface area contributed by atoms with E-state index >= 15 is 0 Å². The second kappa shape index (κ2) is 6.91. The number of carbonyl (C=O) groups excluding carboxylic acids is 2. The van der Waals surface area contributed by atoms with E-state index in [1.54, 1.807) is 0 Å². The lowest BCUT2D eigenvalue weighted by Crippen LogP contribution is -3.11. The molecule has 1 atom stereocenters. The highest BCUT2D eigenvalue weighted by Crippen LogP contribution is 2.18. The molecule has 2 aliphatic rings. The van der Waals surface area contributed by atoms with Crippen LogP contribution in [0.2, 0.25) is 0 Å². The number of nitrogens with zero attached hydrogens (tertiary/aromatic N) is 2. The number of amides is 2. The second-order valence-corrected chi connectivity index (χ2v) is 6.33. The Hall–Kier alpha value is -2.21. The standard InChI is InChI=1S/C17H22N4O2/c1-20(11-16(22)18-14-7-8-14)12-17(23)21-10-9-15(19-21)13-5-3-2-4-6-13/h2-6,14H,7-12H2,1H3,(H,18,22)/p+1. The van der Waals surface area contributed by atoms with Crippen LogP contribution in [-0.2, 0) is 9.59 Å². The molecule has 1 saturated carbocycles. The van der Waals surface area contributed by atoms with Crippen molar-refractivity contribution in [3.05, 3.63) is 35.9 Å². The number of carbonyl (C=O) groups is 2. The van der Waals surface area contributed by atoms with Crippen molar-refractivity contribution in [1.29, 1.82) is 0 Å². The Labute approximate surface area is 136 Å². The quantitative estimate of drug-likeness (QED) is 0.737. The third-order valence-electron chi connectivity index (χ3n) is 4.05. The molecule has 23 heavy (non-hydrogen) atoms. The van der Waals surface area contributed by atoms with Crippen molar-refractivity contribution in [3.63, 3.8) is 0 Å². The number of quaternary nitrogens is 1. The van der Waals surface area contributed by atoms with Gasteiger partial charge in [-0.05, 0) is 18.4 Å². The molecule has 6 nitrogen and oxygen atoms in total. The molecule has 1 aromatic rings. The van der Waals surface area contributed by atoms with Crippen LogP contribution in [0.3, 0.4) is 0 Å². The Morgan fingerprint density at radius 3 is 2.70 bits per heavy atom. The van der Waals surface area contributed by atoms with Crippen molar-refractivity contribution in [2.24, 2.45) is 5.10 Å². The van der Waals surface area contributed by atoms with Crippen LogP contribution in [0, 0.1) is 0 Å². The van der Waals surface area contributed by atoms with Crippen LogP contribution < -0.4 is 10.2 Å². The zero-order chi connectivity index (χ0) is 16.2. The summed E-state index contributed by atoms with van der Waals surface area (Å²) in [6.07, 6.45) is 2.93. The fourth-order valence-corrected chi connectivity index (χ4v) is 2.66. The monoisotopic (exact) mass is 315 g/mol. The average molecular weight is 315 g/mol. The normalized spacial score (nSPS) is 18.5. The van der Waals surface area contributed by atoms with Crippen LogP contribution in [0.4, 0.5) is 0 Å². The van der Waals surface area contributed by atoms with E-state index in [4.69, 9.17) is 0 Å². The van der Waals surface area contributed by atoms with Gasteiger partial charge in [0.15, 0.2) is 13.1 Å². The topological polar surface area (TPSA) is 66.2 Å². The molecule has 1 fully saturated rings. The SMILES string of the molecule is C[NH+](CC(=O)NC1CC1)CC(=O)N1CCC(c2ccccc2)=N1. The van der Waals surface area contributed by atoms with Gasteiger partial charge in [0.2, 0.25) is 0 Å². The van der Waals surface area contributed by atoms with E-state index in [2.05, 4.69) is 10.4 Å². The lowest BCUT2D eigenvalue weighted by molar-refractivity contribution is -0.863. The van der Waals surface area contributed by atoms with Gasteiger partial charge in [-0.2, -0.15) is 5.10 Å². The second-order valence-electron chi connectivity index (χ2n) is 6.33. The van der Waals surface area contributed by atoms with E-state index in [0.29, 0.717) is 19.1 Å². The molecule has 0 radical (unpaired) electrons. The smallest absolute Gasteiger partial charge is 0.297 e. The molecule has 1 unspecified atom stereocenters. The fourth-order valence-electron chi connectivity index (χ4n) is 2.66. The third-order valence-corrected chi connectivity index (χ3v) is 4.05. The van der Waals surface area contributed by atoms with Gasteiger partial charge in [-0.1, -0.05) is 30.3 Å². The largest absolute Gasteiger partial charge is 0.348 e. The third kappa shape index (κ3) is 4.39. The minimum Gasteiger partial charge on any atom is -0.348 e. The fraction of sp³-hybridized carbons (Fsp3) is 0.471. The number of nitrogens with one attached hydrogen (secondary N) is 2. The molecule has 122 valence electrons. The molecule has 3 rings (SSSR count). The molecule has 2 amide bonds. The van der Waals surface area contributed by atoms with E-state index in [1.165, 1.54) is 5.01 Å². The first-order chi connectivity index (χ1) is 11.1. The first-order valence-electron chi connectivity index (χ1n) is 8.16. The van der Waals surface area contributed by atoms with Crippen LogP contribution in [0.25, 0.3) is 0 Å². The summed E-state index contributed by atoms with van der Waals surface area (Å²) in [5, 5.41) is 8.91. The molecule has 0 bridgehead atoms. The van der Waals surface area contributed by atoms with Gasteiger partial charge in [0.25, 0.3) is 11.8 Å². The molecule has 0 spiro atoms. The van der Waals surface area contributed by atoms with Crippen molar-refractivity contribution in [2.75, 3.05) is 26.7 Å². The van der Waals surface area contributed by atoms with Gasteiger partial charge >= 0.3 is 0 Å². The summed E-state index contributed by atoms with van der Waals surface area (Å²) in [6, 6.07) is 10.3. The summed E-state index contributed by atoms with van der Waals surface area (Å²) < 4.78 is 0. The van der Waals surface area contributed by atoms with Crippen molar-refractivity contribution >= 4 is 17.5 Å². The number of hydrazone groups is 1. The molecule has 1 aliphatic carbocycles.